The van der Waals surface area contributed by atoms with E-state index in [2.05, 4.69) is 29.8 Å². The summed E-state index contributed by atoms with van der Waals surface area (Å²) in [7, 11) is 1.72. The topological polar surface area (TPSA) is 51.4 Å². The number of anilines is 1. The van der Waals surface area contributed by atoms with E-state index in [1.165, 1.54) is 0 Å². The van der Waals surface area contributed by atoms with Gasteiger partial charge >= 0.3 is 0 Å². The van der Waals surface area contributed by atoms with Gasteiger partial charge in [0, 0.05) is 26.2 Å². The molecule has 96 valence electrons. The maximum atomic E-state index is 5.94. The lowest BCUT2D eigenvalue weighted by Gasteiger charge is -2.22. The molecule has 0 aliphatic heterocycles. The van der Waals surface area contributed by atoms with Gasteiger partial charge in [-0.2, -0.15) is 0 Å². The quantitative estimate of drug-likeness (QED) is 0.787. The molecule has 1 aromatic rings. The number of methoxy groups -OCH3 is 1. The third-order valence-corrected chi connectivity index (χ3v) is 2.90. The summed E-state index contributed by atoms with van der Waals surface area (Å²) in [6.07, 6.45) is 2.80. The van der Waals surface area contributed by atoms with Crippen molar-refractivity contribution < 1.29 is 4.74 Å². The minimum absolute atomic E-state index is 0.0399. The molecule has 0 aliphatic rings. The van der Waals surface area contributed by atoms with Gasteiger partial charge in [-0.25, -0.2) is 0 Å². The van der Waals surface area contributed by atoms with Crippen LogP contribution >= 0.6 is 0 Å². The molecule has 2 N–H and O–H groups in total. The Morgan fingerprint density at radius 2 is 2.18 bits per heavy atom. The van der Waals surface area contributed by atoms with E-state index in [1.807, 2.05) is 12.3 Å². The Morgan fingerprint density at radius 1 is 1.41 bits per heavy atom. The number of aromatic nitrogens is 1. The molecule has 0 aliphatic carbocycles. The van der Waals surface area contributed by atoms with Crippen molar-refractivity contribution in [1.29, 1.82) is 0 Å². The highest BCUT2D eigenvalue weighted by molar-refractivity contribution is 5.44. The van der Waals surface area contributed by atoms with Crippen LogP contribution in [-0.4, -0.2) is 31.8 Å². The molecule has 1 unspecified atom stereocenters. The highest BCUT2D eigenvalue weighted by atomic mass is 16.5. The molecule has 0 saturated carbocycles. The number of rotatable bonds is 7. The number of hydrogen-bond acceptors (Lipinski definition) is 4. The van der Waals surface area contributed by atoms with E-state index in [0.29, 0.717) is 0 Å². The van der Waals surface area contributed by atoms with Crippen molar-refractivity contribution in [3.63, 3.8) is 0 Å². The fraction of sp³-hybridized carbons (Fsp3) is 0.615. The summed E-state index contributed by atoms with van der Waals surface area (Å²) in [5.74, 6) is 0. The fourth-order valence-corrected chi connectivity index (χ4v) is 1.68. The zero-order valence-corrected chi connectivity index (χ0v) is 11.0. The molecule has 0 radical (unpaired) electrons. The Hall–Kier alpha value is -1.13. The molecule has 0 amide bonds. The van der Waals surface area contributed by atoms with E-state index in [9.17, 15) is 0 Å². The minimum Gasteiger partial charge on any atom is -0.383 e. The standard InChI is InChI=1S/C13H23N3O/c1-4-12(14)13-7-6-11(10-15-13)16(5-2)8-9-17-3/h6-7,10,12H,4-5,8-9,14H2,1-3H3. The van der Waals surface area contributed by atoms with Crippen LogP contribution in [0.4, 0.5) is 5.69 Å². The first-order chi connectivity index (χ1) is 8.22. The van der Waals surface area contributed by atoms with Gasteiger partial charge in [0.1, 0.15) is 0 Å². The maximum Gasteiger partial charge on any atom is 0.0637 e. The smallest absolute Gasteiger partial charge is 0.0637 e. The summed E-state index contributed by atoms with van der Waals surface area (Å²) in [6, 6.07) is 4.13. The van der Waals surface area contributed by atoms with E-state index < -0.39 is 0 Å². The normalized spacial score (nSPS) is 12.5. The fourth-order valence-electron chi connectivity index (χ4n) is 1.68. The van der Waals surface area contributed by atoms with Gasteiger partial charge in [-0.3, -0.25) is 4.98 Å². The van der Waals surface area contributed by atoms with Crippen molar-refractivity contribution in [3.8, 4) is 0 Å². The lowest BCUT2D eigenvalue weighted by atomic mass is 10.1. The number of ether oxygens (including phenoxy) is 1. The monoisotopic (exact) mass is 237 g/mol. The molecule has 1 rings (SSSR count). The molecule has 17 heavy (non-hydrogen) atoms. The van der Waals surface area contributed by atoms with Gasteiger partial charge < -0.3 is 15.4 Å². The van der Waals surface area contributed by atoms with Crippen LogP contribution in [0.1, 0.15) is 32.0 Å². The highest BCUT2D eigenvalue weighted by Gasteiger charge is 2.07. The van der Waals surface area contributed by atoms with Crippen molar-refractivity contribution in [1.82, 2.24) is 4.98 Å². The molecule has 0 bridgehead atoms. The van der Waals surface area contributed by atoms with Gasteiger partial charge in [0.2, 0.25) is 0 Å². The number of nitrogens with zero attached hydrogens (tertiary/aromatic N) is 2. The molecule has 1 heterocycles. The number of pyridine rings is 1. The zero-order chi connectivity index (χ0) is 12.7. The van der Waals surface area contributed by atoms with Crippen LogP contribution < -0.4 is 10.6 Å². The second-order valence-electron chi connectivity index (χ2n) is 4.03. The number of hydrogen-bond donors (Lipinski definition) is 1. The lowest BCUT2D eigenvalue weighted by molar-refractivity contribution is 0.205. The van der Waals surface area contributed by atoms with Gasteiger partial charge in [-0.1, -0.05) is 6.92 Å². The maximum absolute atomic E-state index is 5.94. The second-order valence-corrected chi connectivity index (χ2v) is 4.03. The summed E-state index contributed by atoms with van der Waals surface area (Å²) in [5.41, 5.74) is 8.02. The average molecular weight is 237 g/mol. The largest absolute Gasteiger partial charge is 0.383 e. The van der Waals surface area contributed by atoms with E-state index in [4.69, 9.17) is 10.5 Å². The summed E-state index contributed by atoms with van der Waals surface area (Å²) in [6.45, 7) is 6.75. The van der Waals surface area contributed by atoms with Crippen molar-refractivity contribution in [2.45, 2.75) is 26.3 Å². The summed E-state index contributed by atoms with van der Waals surface area (Å²) < 4.78 is 5.09. The predicted molar refractivity (Wildman–Crippen MR) is 71.2 cm³/mol. The van der Waals surface area contributed by atoms with Crippen LogP contribution in [0.15, 0.2) is 18.3 Å². The van der Waals surface area contributed by atoms with E-state index in [0.717, 1.165) is 37.5 Å². The van der Waals surface area contributed by atoms with Gasteiger partial charge in [0.05, 0.1) is 24.2 Å². The van der Waals surface area contributed by atoms with Crippen molar-refractivity contribution >= 4 is 5.69 Å². The molecule has 1 atom stereocenters. The molecule has 0 fully saturated rings. The average Bonchev–Trinajstić information content (AvgIpc) is 2.39. The van der Waals surface area contributed by atoms with E-state index in [-0.39, 0.29) is 6.04 Å². The Kier molecular flexibility index (Phi) is 5.94. The zero-order valence-electron chi connectivity index (χ0n) is 11.0. The van der Waals surface area contributed by atoms with Gasteiger partial charge in [0.25, 0.3) is 0 Å². The number of nitrogens with two attached hydrogens (primary N) is 1. The molecule has 4 nitrogen and oxygen atoms in total. The van der Waals surface area contributed by atoms with Crippen LogP contribution in [0.25, 0.3) is 0 Å². The van der Waals surface area contributed by atoms with E-state index in [1.54, 1.807) is 7.11 Å². The van der Waals surface area contributed by atoms with Crippen LogP contribution in [0, 0.1) is 0 Å². The third-order valence-electron chi connectivity index (χ3n) is 2.90. The molecular formula is C13H23N3O. The number of likely N-dealkylation sites (N-methyl/N-ethyl adjacent to an activating group) is 1. The first kappa shape index (κ1) is 13.9. The molecule has 0 saturated heterocycles. The van der Waals surface area contributed by atoms with Crippen molar-refractivity contribution in [2.75, 3.05) is 31.7 Å². The summed E-state index contributed by atoms with van der Waals surface area (Å²) in [4.78, 5) is 6.65. The molecular weight excluding hydrogens is 214 g/mol. The Labute approximate surface area is 104 Å². The van der Waals surface area contributed by atoms with Crippen LogP contribution in [0.2, 0.25) is 0 Å². The third kappa shape index (κ3) is 3.98. The summed E-state index contributed by atoms with van der Waals surface area (Å²) >= 11 is 0. The Bertz CT molecular complexity index is 313. The van der Waals surface area contributed by atoms with Crippen LogP contribution in [0.3, 0.4) is 0 Å². The Morgan fingerprint density at radius 3 is 2.65 bits per heavy atom. The molecule has 1 aromatic heterocycles. The van der Waals surface area contributed by atoms with Gasteiger partial charge in [0.15, 0.2) is 0 Å². The van der Waals surface area contributed by atoms with Crippen LogP contribution in [-0.2, 0) is 4.74 Å². The first-order valence-corrected chi connectivity index (χ1v) is 6.18. The summed E-state index contributed by atoms with van der Waals surface area (Å²) in [5, 5.41) is 0. The molecule has 4 heteroatoms. The molecule has 0 aromatic carbocycles. The molecule has 0 spiro atoms. The lowest BCUT2D eigenvalue weighted by Crippen LogP contribution is -2.27. The minimum atomic E-state index is 0.0399. The van der Waals surface area contributed by atoms with Gasteiger partial charge in [-0.05, 0) is 25.5 Å². The predicted octanol–water partition coefficient (Wildman–Crippen LogP) is 1.96. The van der Waals surface area contributed by atoms with Gasteiger partial charge in [-0.15, -0.1) is 0 Å². The Balaban J connectivity index is 2.70. The highest BCUT2D eigenvalue weighted by Crippen LogP contribution is 2.16. The SMILES string of the molecule is CCC(N)c1ccc(N(CC)CCOC)cn1. The first-order valence-electron chi connectivity index (χ1n) is 6.18. The second kappa shape index (κ2) is 7.25. The van der Waals surface area contributed by atoms with Crippen LogP contribution in [0.5, 0.6) is 0 Å². The van der Waals surface area contributed by atoms with E-state index >= 15 is 0 Å². The van der Waals surface area contributed by atoms with Crippen molar-refractivity contribution in [2.24, 2.45) is 5.73 Å². The van der Waals surface area contributed by atoms with Crippen molar-refractivity contribution in [3.05, 3.63) is 24.0 Å².